The highest BCUT2D eigenvalue weighted by atomic mass is 35.5. The SMILES string of the molecule is Clc1ccc(Cl)c(C(c2cccnc2)(c2cc(Cl)ccc2Cl)n2ccnc2)c1. The molecule has 0 aliphatic heterocycles. The Morgan fingerprint density at radius 3 is 1.89 bits per heavy atom. The van der Waals surface area contributed by atoms with E-state index in [0.717, 1.165) is 16.7 Å². The van der Waals surface area contributed by atoms with Crippen LogP contribution in [0.3, 0.4) is 0 Å². The van der Waals surface area contributed by atoms with Crippen molar-refractivity contribution in [2.24, 2.45) is 0 Å². The number of pyridine rings is 1. The lowest BCUT2D eigenvalue weighted by atomic mass is 9.77. The average molecular weight is 449 g/mol. The number of benzene rings is 2. The zero-order chi connectivity index (χ0) is 19.7. The second-order valence-electron chi connectivity index (χ2n) is 6.17. The lowest BCUT2D eigenvalue weighted by Crippen LogP contribution is -2.37. The van der Waals surface area contributed by atoms with Crippen molar-refractivity contribution in [3.8, 4) is 0 Å². The summed E-state index contributed by atoms with van der Waals surface area (Å²) in [6.07, 6.45) is 8.74. The van der Waals surface area contributed by atoms with E-state index in [0.29, 0.717) is 20.1 Å². The Balaban J connectivity index is 2.22. The van der Waals surface area contributed by atoms with Crippen LogP contribution in [-0.2, 0) is 5.54 Å². The molecular formula is C21H13Cl4N3. The maximum Gasteiger partial charge on any atom is 0.126 e. The number of hydrogen-bond acceptors (Lipinski definition) is 2. The molecule has 7 heteroatoms. The summed E-state index contributed by atoms with van der Waals surface area (Å²) in [5.41, 5.74) is 1.32. The Morgan fingerprint density at radius 2 is 1.39 bits per heavy atom. The Labute approximate surface area is 182 Å². The maximum atomic E-state index is 6.70. The summed E-state index contributed by atoms with van der Waals surface area (Å²) >= 11 is 26.1. The van der Waals surface area contributed by atoms with Gasteiger partial charge in [-0.05, 0) is 42.5 Å². The molecule has 2 aromatic heterocycles. The van der Waals surface area contributed by atoms with Crippen molar-refractivity contribution in [2.45, 2.75) is 5.54 Å². The van der Waals surface area contributed by atoms with Gasteiger partial charge >= 0.3 is 0 Å². The summed E-state index contributed by atoms with van der Waals surface area (Å²) in [7, 11) is 0. The van der Waals surface area contributed by atoms with Crippen molar-refractivity contribution in [3.63, 3.8) is 0 Å². The molecule has 0 bridgehead atoms. The number of hydrogen-bond donors (Lipinski definition) is 0. The number of imidazole rings is 1. The second kappa shape index (κ2) is 7.76. The first-order valence-electron chi connectivity index (χ1n) is 8.33. The molecule has 4 rings (SSSR count). The van der Waals surface area contributed by atoms with E-state index in [1.807, 2.05) is 35.0 Å². The molecule has 140 valence electrons. The van der Waals surface area contributed by atoms with Crippen molar-refractivity contribution in [2.75, 3.05) is 0 Å². The van der Waals surface area contributed by atoms with E-state index in [9.17, 15) is 0 Å². The summed E-state index contributed by atoms with van der Waals surface area (Å²) in [4.78, 5) is 8.59. The van der Waals surface area contributed by atoms with E-state index < -0.39 is 5.54 Å². The van der Waals surface area contributed by atoms with Gasteiger partial charge in [-0.3, -0.25) is 4.98 Å². The molecule has 3 nitrogen and oxygen atoms in total. The fourth-order valence-corrected chi connectivity index (χ4v) is 4.32. The maximum absolute atomic E-state index is 6.70. The van der Waals surface area contributed by atoms with Crippen LogP contribution >= 0.6 is 46.4 Å². The summed E-state index contributed by atoms with van der Waals surface area (Å²) in [6.45, 7) is 0. The van der Waals surface area contributed by atoms with Crippen LogP contribution in [0.4, 0.5) is 0 Å². The average Bonchev–Trinajstić information content (AvgIpc) is 3.24. The van der Waals surface area contributed by atoms with Crippen LogP contribution in [-0.4, -0.2) is 14.5 Å². The number of halogens is 4. The molecule has 0 atom stereocenters. The summed E-state index contributed by atoms with van der Waals surface area (Å²) in [5, 5.41) is 2.15. The first-order valence-corrected chi connectivity index (χ1v) is 9.84. The fourth-order valence-electron chi connectivity index (χ4n) is 3.47. The van der Waals surface area contributed by atoms with Crippen LogP contribution in [0.2, 0.25) is 20.1 Å². The van der Waals surface area contributed by atoms with Crippen LogP contribution in [0, 0.1) is 0 Å². The molecule has 28 heavy (non-hydrogen) atoms. The molecule has 0 aliphatic carbocycles. The van der Waals surface area contributed by atoms with E-state index in [2.05, 4.69) is 9.97 Å². The minimum absolute atomic E-state index is 0.526. The molecule has 0 amide bonds. The van der Waals surface area contributed by atoms with Crippen molar-refractivity contribution < 1.29 is 0 Å². The van der Waals surface area contributed by atoms with Gasteiger partial charge in [-0.2, -0.15) is 0 Å². The first kappa shape index (κ1) is 19.3. The normalized spacial score (nSPS) is 11.6. The van der Waals surface area contributed by atoms with Gasteiger partial charge in [0.2, 0.25) is 0 Å². The molecule has 0 saturated carbocycles. The third kappa shape index (κ3) is 3.19. The Bertz CT molecular complexity index is 1060. The molecule has 0 aliphatic rings. The lowest BCUT2D eigenvalue weighted by Gasteiger charge is -2.38. The predicted octanol–water partition coefficient (Wildman–Crippen LogP) is 6.73. The van der Waals surface area contributed by atoms with Gasteiger partial charge in [0.1, 0.15) is 5.54 Å². The van der Waals surface area contributed by atoms with E-state index in [1.54, 1.807) is 49.2 Å². The zero-order valence-corrected chi connectivity index (χ0v) is 17.4. The molecule has 0 radical (unpaired) electrons. The summed E-state index contributed by atoms with van der Waals surface area (Å²) in [6, 6.07) is 14.5. The molecule has 2 heterocycles. The van der Waals surface area contributed by atoms with Crippen LogP contribution < -0.4 is 0 Å². The van der Waals surface area contributed by atoms with Gasteiger partial charge < -0.3 is 4.57 Å². The van der Waals surface area contributed by atoms with Crippen LogP contribution in [0.15, 0.2) is 79.6 Å². The van der Waals surface area contributed by atoms with Gasteiger partial charge in [-0.15, -0.1) is 0 Å². The van der Waals surface area contributed by atoms with Crippen molar-refractivity contribution in [1.82, 2.24) is 14.5 Å². The quantitative estimate of drug-likeness (QED) is 0.346. The van der Waals surface area contributed by atoms with Gasteiger partial charge in [-0.25, -0.2) is 4.98 Å². The first-order chi connectivity index (χ1) is 13.5. The number of nitrogens with zero attached hydrogens (tertiary/aromatic N) is 3. The fraction of sp³-hybridized carbons (Fsp3) is 0.0476. The second-order valence-corrected chi connectivity index (χ2v) is 7.86. The van der Waals surface area contributed by atoms with Gasteiger partial charge in [0.25, 0.3) is 0 Å². The van der Waals surface area contributed by atoms with Crippen LogP contribution in [0.25, 0.3) is 0 Å². The highest BCUT2D eigenvalue weighted by molar-refractivity contribution is 6.35. The zero-order valence-electron chi connectivity index (χ0n) is 14.4. The van der Waals surface area contributed by atoms with Gasteiger partial charge in [0, 0.05) is 61.6 Å². The highest BCUT2D eigenvalue weighted by Crippen LogP contribution is 2.47. The Hall–Kier alpha value is -2.04. The molecule has 0 saturated heterocycles. The monoisotopic (exact) mass is 447 g/mol. The van der Waals surface area contributed by atoms with Gasteiger partial charge in [0.05, 0.1) is 6.33 Å². The molecular weight excluding hydrogens is 436 g/mol. The Kier molecular flexibility index (Phi) is 5.35. The number of rotatable bonds is 4. The number of aromatic nitrogens is 3. The minimum Gasteiger partial charge on any atom is -0.319 e. The molecule has 0 fully saturated rings. The van der Waals surface area contributed by atoms with Crippen molar-refractivity contribution in [3.05, 3.63) is 116 Å². The topological polar surface area (TPSA) is 30.7 Å². The van der Waals surface area contributed by atoms with Gasteiger partial charge in [0.15, 0.2) is 0 Å². The third-order valence-corrected chi connectivity index (χ3v) is 5.74. The highest BCUT2D eigenvalue weighted by Gasteiger charge is 2.42. The minimum atomic E-state index is -0.977. The Morgan fingerprint density at radius 1 is 0.750 bits per heavy atom. The summed E-state index contributed by atoms with van der Waals surface area (Å²) in [5.74, 6) is 0. The largest absolute Gasteiger partial charge is 0.319 e. The standard InChI is InChI=1S/C21H13Cl4N3/c22-15-3-5-19(24)17(10-15)21(28-9-8-27-13-28,14-2-1-7-26-12-14)18-11-16(23)4-6-20(18)25/h1-13H. The predicted molar refractivity (Wildman–Crippen MR) is 115 cm³/mol. The molecule has 0 N–H and O–H groups in total. The molecule has 2 aromatic carbocycles. The van der Waals surface area contributed by atoms with Gasteiger partial charge in [-0.1, -0.05) is 52.5 Å². The molecule has 0 spiro atoms. The van der Waals surface area contributed by atoms with E-state index in [4.69, 9.17) is 46.4 Å². The van der Waals surface area contributed by atoms with E-state index >= 15 is 0 Å². The van der Waals surface area contributed by atoms with Crippen molar-refractivity contribution in [1.29, 1.82) is 0 Å². The van der Waals surface area contributed by atoms with E-state index in [1.165, 1.54) is 0 Å². The summed E-state index contributed by atoms with van der Waals surface area (Å²) < 4.78 is 1.93. The smallest absolute Gasteiger partial charge is 0.126 e. The molecule has 4 aromatic rings. The van der Waals surface area contributed by atoms with E-state index in [-0.39, 0.29) is 0 Å². The molecule has 0 unspecified atom stereocenters. The third-order valence-electron chi connectivity index (χ3n) is 4.61. The van der Waals surface area contributed by atoms with Crippen molar-refractivity contribution >= 4 is 46.4 Å². The van der Waals surface area contributed by atoms with Crippen LogP contribution in [0.5, 0.6) is 0 Å². The lowest BCUT2D eigenvalue weighted by molar-refractivity contribution is 0.513. The van der Waals surface area contributed by atoms with Crippen LogP contribution in [0.1, 0.15) is 16.7 Å².